The van der Waals surface area contributed by atoms with Crippen LogP contribution in [-0.4, -0.2) is 44.6 Å². The van der Waals surface area contributed by atoms with E-state index in [1.165, 1.54) is 6.42 Å². The third-order valence-electron chi connectivity index (χ3n) is 11.9. The van der Waals surface area contributed by atoms with Crippen molar-refractivity contribution in [2.45, 2.75) is 196 Å². The van der Waals surface area contributed by atoms with Crippen molar-refractivity contribution < 1.29 is 33.3 Å². The molecule has 0 saturated carbocycles. The van der Waals surface area contributed by atoms with E-state index in [1.54, 1.807) is 6.07 Å². The van der Waals surface area contributed by atoms with E-state index in [-0.39, 0.29) is 16.4 Å². The Hall–Kier alpha value is -4.14. The zero-order chi connectivity index (χ0) is 45.1. The first-order valence-corrected chi connectivity index (χ1v) is 25.4. The van der Waals surface area contributed by atoms with Crippen molar-refractivity contribution >= 4 is 38.0 Å². The van der Waals surface area contributed by atoms with Crippen LogP contribution in [0, 0.1) is 10.1 Å². The molecule has 0 aliphatic heterocycles. The van der Waals surface area contributed by atoms with Gasteiger partial charge in [-0.05, 0) is 84.3 Å². The van der Waals surface area contributed by atoms with Gasteiger partial charge in [0, 0.05) is 10.8 Å². The quantitative estimate of drug-likeness (QED) is 0.0191. The summed E-state index contributed by atoms with van der Waals surface area (Å²) in [7, 11) is 0. The largest absolute Gasteiger partial charge is 0.493 e. The zero-order valence-corrected chi connectivity index (χ0v) is 40.3. The Balaban J connectivity index is 2.10. The topological polar surface area (TPSA) is 98.5 Å². The number of rotatable bonds is 37. The van der Waals surface area contributed by atoms with Crippen LogP contribution in [0.3, 0.4) is 0 Å². The summed E-state index contributed by atoms with van der Waals surface area (Å²) in [6.07, 6.45) is 25.4. The lowest BCUT2D eigenvalue weighted by Gasteiger charge is -2.22. The van der Waals surface area contributed by atoms with E-state index in [4.69, 9.17) is 28.4 Å². The molecule has 0 aromatic heterocycles. The Morgan fingerprint density at radius 3 is 0.952 bits per heavy atom. The summed E-state index contributed by atoms with van der Waals surface area (Å²) in [5, 5.41) is 18.1. The highest BCUT2D eigenvalue weighted by Gasteiger charge is 2.29. The minimum Gasteiger partial charge on any atom is -0.493 e. The number of ether oxygens (including phenoxy) is 6. The molecule has 9 nitrogen and oxygen atoms in total. The lowest BCUT2D eigenvalue weighted by atomic mass is 9.91. The highest BCUT2D eigenvalue weighted by molar-refractivity contribution is 6.30. The maximum absolute atomic E-state index is 13.2. The lowest BCUT2D eigenvalue weighted by molar-refractivity contribution is -0.385. The van der Waals surface area contributed by atoms with Crippen LogP contribution in [0.15, 0.2) is 30.3 Å². The predicted octanol–water partition coefficient (Wildman–Crippen LogP) is 16.8. The van der Waals surface area contributed by atoms with Crippen LogP contribution < -0.4 is 28.4 Å². The Morgan fingerprint density at radius 1 is 0.349 bits per heavy atom. The van der Waals surface area contributed by atoms with E-state index in [0.29, 0.717) is 73.8 Å². The van der Waals surface area contributed by atoms with E-state index in [2.05, 4.69) is 59.7 Å². The van der Waals surface area contributed by atoms with Gasteiger partial charge in [0.05, 0.1) is 50.6 Å². The molecule has 9 heteroatoms. The monoisotopic (exact) mass is 874 g/mol. The average Bonchev–Trinajstić information content (AvgIpc) is 3.28. The maximum Gasteiger partial charge on any atom is 0.315 e. The highest BCUT2D eigenvalue weighted by atomic mass is 16.6. The molecule has 0 spiro atoms. The van der Waals surface area contributed by atoms with Crippen LogP contribution in [0.4, 0.5) is 5.69 Å². The summed E-state index contributed by atoms with van der Waals surface area (Å²) in [6, 6.07) is 9.93. The van der Waals surface area contributed by atoms with Gasteiger partial charge < -0.3 is 28.4 Å². The first-order chi connectivity index (χ1) is 30.9. The van der Waals surface area contributed by atoms with E-state index in [9.17, 15) is 10.1 Å². The Labute approximate surface area is 380 Å². The number of hydrogen-bond acceptors (Lipinski definition) is 8. The standard InChI is InChI=1S/C54H83NO8/c1-7-13-19-25-31-58-47-37-42-43-38-48(59-32-26-20-14-8-2)50(61-34-28-22-16-10-4)40-45(43)53-52(44(42)39-49(47)60-33-27-21-15-9-3)51(62-35-29-23-17-11-5)41-46(55(56)57)54(53)63-36-30-24-18-12-6/h37-41H,7-36H2,1-6H3. The Morgan fingerprint density at radius 2 is 0.635 bits per heavy atom. The molecule has 0 atom stereocenters. The maximum atomic E-state index is 13.2. The van der Waals surface area contributed by atoms with Crippen molar-refractivity contribution in [3.05, 3.63) is 40.4 Å². The third kappa shape index (κ3) is 16.1. The number of unbranched alkanes of at least 4 members (excludes halogenated alkanes) is 18. The zero-order valence-electron chi connectivity index (χ0n) is 40.3. The molecule has 352 valence electrons. The highest BCUT2D eigenvalue weighted by Crippen LogP contribution is 2.52. The van der Waals surface area contributed by atoms with E-state index >= 15 is 0 Å². The summed E-state index contributed by atoms with van der Waals surface area (Å²) in [6.45, 7) is 16.3. The number of benzene rings is 4. The van der Waals surface area contributed by atoms with Gasteiger partial charge in [0.25, 0.3) is 0 Å². The van der Waals surface area contributed by atoms with Crippen molar-refractivity contribution in [3.8, 4) is 34.5 Å². The number of nitro groups is 1. The minimum absolute atomic E-state index is 0.0973. The second kappa shape index (κ2) is 30.1. The predicted molar refractivity (Wildman–Crippen MR) is 263 cm³/mol. The molecule has 0 saturated heterocycles. The molecule has 0 amide bonds. The van der Waals surface area contributed by atoms with Gasteiger partial charge in [-0.3, -0.25) is 10.1 Å². The van der Waals surface area contributed by atoms with Crippen molar-refractivity contribution in [3.63, 3.8) is 0 Å². The number of fused-ring (bicyclic) bond motifs is 6. The van der Waals surface area contributed by atoms with Crippen LogP contribution in [-0.2, 0) is 0 Å². The number of nitro benzene ring substituents is 1. The molecule has 0 bridgehead atoms. The average molecular weight is 874 g/mol. The van der Waals surface area contributed by atoms with Gasteiger partial charge in [0.15, 0.2) is 23.0 Å². The summed E-state index contributed by atoms with van der Waals surface area (Å²) in [5.74, 6) is 3.41. The van der Waals surface area contributed by atoms with Crippen molar-refractivity contribution in [1.29, 1.82) is 0 Å². The summed E-state index contributed by atoms with van der Waals surface area (Å²) >= 11 is 0. The van der Waals surface area contributed by atoms with E-state index in [0.717, 1.165) is 175 Å². The second-order valence-corrected chi connectivity index (χ2v) is 17.4. The van der Waals surface area contributed by atoms with Gasteiger partial charge in [-0.1, -0.05) is 157 Å². The first-order valence-electron chi connectivity index (χ1n) is 25.4. The van der Waals surface area contributed by atoms with Gasteiger partial charge >= 0.3 is 5.69 Å². The van der Waals surface area contributed by atoms with Crippen molar-refractivity contribution in [2.24, 2.45) is 0 Å². The molecular formula is C54H83NO8. The molecule has 0 fully saturated rings. The number of hydrogen-bond donors (Lipinski definition) is 0. The molecule has 4 aromatic carbocycles. The molecule has 0 aliphatic carbocycles. The molecule has 0 N–H and O–H groups in total. The summed E-state index contributed by atoms with van der Waals surface area (Å²) < 4.78 is 39.9. The molecule has 0 unspecified atom stereocenters. The smallest absolute Gasteiger partial charge is 0.315 e. The fourth-order valence-corrected chi connectivity index (χ4v) is 8.23. The molecule has 4 aromatic rings. The SMILES string of the molecule is CCCCCCOc1cc2c3cc(OCCCCCC)c(OCCCCCC)cc3c3c(OCCCCCC)c([N+](=O)[O-])cc(OCCCCCC)c3c2cc1OCCCCCC. The Bertz CT molecular complexity index is 1930. The second-order valence-electron chi connectivity index (χ2n) is 17.4. The van der Waals surface area contributed by atoms with Gasteiger partial charge in [0.1, 0.15) is 5.75 Å². The fraction of sp³-hybridized carbons (Fsp3) is 0.667. The molecular weight excluding hydrogens is 791 g/mol. The molecule has 4 rings (SSSR count). The lowest BCUT2D eigenvalue weighted by Crippen LogP contribution is -2.06. The van der Waals surface area contributed by atoms with Crippen LogP contribution >= 0.6 is 0 Å². The van der Waals surface area contributed by atoms with E-state index in [1.807, 2.05) is 6.07 Å². The van der Waals surface area contributed by atoms with Gasteiger partial charge in [-0.15, -0.1) is 0 Å². The van der Waals surface area contributed by atoms with Crippen LogP contribution in [0.25, 0.3) is 32.3 Å². The van der Waals surface area contributed by atoms with Crippen molar-refractivity contribution in [1.82, 2.24) is 0 Å². The molecule has 0 aliphatic rings. The first kappa shape index (κ1) is 51.5. The van der Waals surface area contributed by atoms with Crippen molar-refractivity contribution in [2.75, 3.05) is 39.6 Å². The van der Waals surface area contributed by atoms with Crippen LogP contribution in [0.5, 0.6) is 34.5 Å². The summed E-state index contributed by atoms with van der Waals surface area (Å²) in [5.41, 5.74) is -0.0973. The van der Waals surface area contributed by atoms with Gasteiger partial charge in [0.2, 0.25) is 5.75 Å². The van der Waals surface area contributed by atoms with Crippen LogP contribution in [0.2, 0.25) is 0 Å². The van der Waals surface area contributed by atoms with Gasteiger partial charge in [-0.2, -0.15) is 0 Å². The molecule has 0 radical (unpaired) electrons. The Kier molecular flexibility index (Phi) is 24.6. The van der Waals surface area contributed by atoms with Gasteiger partial charge in [-0.25, -0.2) is 0 Å². The minimum atomic E-state index is -0.319. The number of nitrogens with zero attached hydrogens (tertiary/aromatic N) is 1. The fourth-order valence-electron chi connectivity index (χ4n) is 8.23. The third-order valence-corrected chi connectivity index (χ3v) is 11.9. The molecule has 0 heterocycles. The normalized spacial score (nSPS) is 11.5. The van der Waals surface area contributed by atoms with Crippen LogP contribution in [0.1, 0.15) is 196 Å². The summed E-state index contributed by atoms with van der Waals surface area (Å²) in [4.78, 5) is 12.8. The van der Waals surface area contributed by atoms with E-state index < -0.39 is 0 Å². The molecule has 63 heavy (non-hydrogen) atoms.